The van der Waals surface area contributed by atoms with Gasteiger partial charge >= 0.3 is 5.97 Å². The molecule has 1 aromatic rings. The molecule has 0 unspecified atom stereocenters. The summed E-state index contributed by atoms with van der Waals surface area (Å²) in [5.41, 5.74) is 3.79. The van der Waals surface area contributed by atoms with Gasteiger partial charge in [0.15, 0.2) is 0 Å². The molecule has 0 bridgehead atoms. The van der Waals surface area contributed by atoms with Crippen LogP contribution in [0.1, 0.15) is 43.0 Å². The molecule has 2 nitrogen and oxygen atoms in total. The largest absolute Gasteiger partial charge is 0.450 e. The lowest BCUT2D eigenvalue weighted by Crippen LogP contribution is -2.22. The van der Waals surface area contributed by atoms with Crippen molar-refractivity contribution in [2.45, 2.75) is 47.1 Å². The van der Waals surface area contributed by atoms with Crippen molar-refractivity contribution >= 4 is 5.97 Å². The number of hydrogen-bond acceptors (Lipinski definition) is 2. The van der Waals surface area contributed by atoms with Crippen LogP contribution >= 0.6 is 0 Å². The molecule has 0 saturated heterocycles. The van der Waals surface area contributed by atoms with Crippen LogP contribution < -0.4 is 0 Å². The van der Waals surface area contributed by atoms with Crippen molar-refractivity contribution < 1.29 is 9.53 Å². The fraction of sp³-hybridized carbons (Fsp3) is 0.438. The fourth-order valence-corrected chi connectivity index (χ4v) is 1.79. The van der Waals surface area contributed by atoms with Gasteiger partial charge in [-0.1, -0.05) is 23.6 Å². The smallest absolute Gasteiger partial charge is 0.385 e. The van der Waals surface area contributed by atoms with E-state index in [1.165, 1.54) is 5.56 Å². The first-order valence-corrected chi connectivity index (χ1v) is 6.02. The first-order chi connectivity index (χ1) is 8.19. The molecule has 0 aliphatic carbocycles. The molecule has 96 valence electrons. The van der Waals surface area contributed by atoms with Gasteiger partial charge in [0.05, 0.1) is 0 Å². The molecule has 2 heteroatoms. The molecule has 0 heterocycles. The van der Waals surface area contributed by atoms with Gasteiger partial charge in [-0.2, -0.15) is 0 Å². The summed E-state index contributed by atoms with van der Waals surface area (Å²) < 4.78 is 5.15. The Hall–Kier alpha value is -1.75. The zero-order valence-electron chi connectivity index (χ0n) is 12.0. The van der Waals surface area contributed by atoms with Gasteiger partial charge in [-0.3, -0.25) is 0 Å². The molecular formula is C16H20O2. The third-order valence-electron chi connectivity index (χ3n) is 2.37. The van der Waals surface area contributed by atoms with Crippen LogP contribution in [0.5, 0.6) is 0 Å². The van der Waals surface area contributed by atoms with Gasteiger partial charge in [0.2, 0.25) is 0 Å². The molecule has 0 fully saturated rings. The molecule has 0 aliphatic rings. The SMILES string of the molecule is Cc1cc(C)c(C#CC(=O)OC(C)(C)C)c(C)c1. The predicted molar refractivity (Wildman–Crippen MR) is 73.4 cm³/mol. The van der Waals surface area contributed by atoms with E-state index in [4.69, 9.17) is 4.74 Å². The minimum atomic E-state index is -0.497. The summed E-state index contributed by atoms with van der Waals surface area (Å²) in [5, 5.41) is 0. The Bertz CT molecular complexity index is 499. The van der Waals surface area contributed by atoms with Crippen LogP contribution in [-0.2, 0) is 9.53 Å². The highest BCUT2D eigenvalue weighted by molar-refractivity contribution is 5.89. The maximum atomic E-state index is 11.5. The van der Waals surface area contributed by atoms with Gasteiger partial charge in [0, 0.05) is 11.5 Å². The summed E-state index contributed by atoms with van der Waals surface area (Å²) in [6.45, 7) is 11.5. The molecule has 0 radical (unpaired) electrons. The van der Waals surface area contributed by atoms with Crippen molar-refractivity contribution in [2.75, 3.05) is 0 Å². The average molecular weight is 244 g/mol. The van der Waals surface area contributed by atoms with Crippen LogP contribution in [0.2, 0.25) is 0 Å². The number of benzene rings is 1. The zero-order chi connectivity index (χ0) is 13.9. The summed E-state index contributed by atoms with van der Waals surface area (Å²) in [6.07, 6.45) is 0. The van der Waals surface area contributed by atoms with Crippen LogP contribution in [0.3, 0.4) is 0 Å². The number of aryl methyl sites for hydroxylation is 3. The van der Waals surface area contributed by atoms with Gasteiger partial charge in [-0.05, 0) is 52.7 Å². The second kappa shape index (κ2) is 5.27. The lowest BCUT2D eigenvalue weighted by Gasteiger charge is -2.16. The Labute approximate surface area is 109 Å². The summed E-state index contributed by atoms with van der Waals surface area (Å²) in [6, 6.07) is 4.12. The molecule has 0 spiro atoms. The number of carbonyl (C=O) groups is 1. The van der Waals surface area contributed by atoms with Crippen molar-refractivity contribution in [3.05, 3.63) is 34.4 Å². The van der Waals surface area contributed by atoms with Gasteiger partial charge < -0.3 is 4.74 Å². The Morgan fingerprint density at radius 3 is 2.06 bits per heavy atom. The normalized spacial score (nSPS) is 10.6. The second-order valence-corrected chi connectivity index (χ2v) is 5.53. The highest BCUT2D eigenvalue weighted by Gasteiger charge is 2.14. The number of carbonyl (C=O) groups excluding carboxylic acids is 1. The number of ether oxygens (including phenoxy) is 1. The molecule has 0 saturated carbocycles. The van der Waals surface area contributed by atoms with Gasteiger partial charge in [-0.25, -0.2) is 4.79 Å². The zero-order valence-corrected chi connectivity index (χ0v) is 12.0. The van der Waals surface area contributed by atoms with E-state index in [2.05, 4.69) is 24.0 Å². The highest BCUT2D eigenvalue weighted by atomic mass is 16.6. The maximum absolute atomic E-state index is 11.5. The van der Waals surface area contributed by atoms with E-state index >= 15 is 0 Å². The lowest BCUT2D eigenvalue weighted by atomic mass is 10.0. The monoisotopic (exact) mass is 244 g/mol. The topological polar surface area (TPSA) is 26.3 Å². The van der Waals surface area contributed by atoms with E-state index in [0.29, 0.717) is 0 Å². The lowest BCUT2D eigenvalue weighted by molar-refractivity contribution is -0.147. The summed E-state index contributed by atoms with van der Waals surface area (Å²) >= 11 is 0. The van der Waals surface area contributed by atoms with Crippen molar-refractivity contribution in [3.8, 4) is 11.8 Å². The molecule has 0 atom stereocenters. The Balaban J connectivity index is 2.96. The second-order valence-electron chi connectivity index (χ2n) is 5.53. The molecule has 1 rings (SSSR count). The minimum Gasteiger partial charge on any atom is -0.450 e. The first kappa shape index (κ1) is 14.3. The van der Waals surface area contributed by atoms with E-state index in [-0.39, 0.29) is 0 Å². The molecule has 0 N–H and O–H groups in total. The van der Waals surface area contributed by atoms with Crippen molar-refractivity contribution in [1.82, 2.24) is 0 Å². The standard InChI is InChI=1S/C16H20O2/c1-11-9-12(2)14(13(3)10-11)7-8-15(17)18-16(4,5)6/h9-10H,1-6H3. The molecule has 0 amide bonds. The number of esters is 1. The summed E-state index contributed by atoms with van der Waals surface area (Å²) in [4.78, 5) is 11.5. The van der Waals surface area contributed by atoms with Crippen molar-refractivity contribution in [3.63, 3.8) is 0 Å². The van der Waals surface area contributed by atoms with Gasteiger partial charge in [0.1, 0.15) is 5.60 Å². The maximum Gasteiger partial charge on any atom is 0.385 e. The average Bonchev–Trinajstić information content (AvgIpc) is 2.12. The quantitative estimate of drug-likeness (QED) is 0.517. The van der Waals surface area contributed by atoms with E-state index in [9.17, 15) is 4.79 Å². The van der Waals surface area contributed by atoms with Gasteiger partial charge in [-0.15, -0.1) is 0 Å². The van der Waals surface area contributed by atoms with Crippen molar-refractivity contribution in [1.29, 1.82) is 0 Å². The Morgan fingerprint density at radius 1 is 1.11 bits per heavy atom. The molecule has 18 heavy (non-hydrogen) atoms. The molecule has 0 aromatic heterocycles. The van der Waals surface area contributed by atoms with E-state index in [0.717, 1.165) is 16.7 Å². The first-order valence-electron chi connectivity index (χ1n) is 6.02. The highest BCUT2D eigenvalue weighted by Crippen LogP contribution is 2.15. The Kier molecular flexibility index (Phi) is 4.19. The van der Waals surface area contributed by atoms with E-state index in [1.54, 1.807) is 0 Å². The van der Waals surface area contributed by atoms with Crippen LogP contribution in [0, 0.1) is 32.6 Å². The summed E-state index contributed by atoms with van der Waals surface area (Å²) in [5.74, 6) is 4.97. The summed E-state index contributed by atoms with van der Waals surface area (Å²) in [7, 11) is 0. The number of hydrogen-bond donors (Lipinski definition) is 0. The fourth-order valence-electron chi connectivity index (χ4n) is 1.79. The van der Waals surface area contributed by atoms with E-state index < -0.39 is 11.6 Å². The minimum absolute atomic E-state index is 0.484. The molecule has 1 aromatic carbocycles. The Morgan fingerprint density at radius 2 is 1.61 bits per heavy atom. The van der Waals surface area contributed by atoms with E-state index in [1.807, 2.05) is 41.5 Å². The van der Waals surface area contributed by atoms with Crippen molar-refractivity contribution in [2.24, 2.45) is 0 Å². The third kappa shape index (κ3) is 4.25. The molecular weight excluding hydrogens is 224 g/mol. The van der Waals surface area contributed by atoms with Crippen LogP contribution in [0.4, 0.5) is 0 Å². The predicted octanol–water partition coefficient (Wildman–Crippen LogP) is 3.31. The van der Waals surface area contributed by atoms with Crippen LogP contribution in [-0.4, -0.2) is 11.6 Å². The third-order valence-corrected chi connectivity index (χ3v) is 2.37. The number of rotatable bonds is 0. The van der Waals surface area contributed by atoms with Crippen LogP contribution in [0.25, 0.3) is 0 Å². The van der Waals surface area contributed by atoms with Crippen LogP contribution in [0.15, 0.2) is 12.1 Å². The van der Waals surface area contributed by atoms with Gasteiger partial charge in [0.25, 0.3) is 0 Å². The molecule has 0 aliphatic heterocycles.